The fourth-order valence-electron chi connectivity index (χ4n) is 3.34. The van der Waals surface area contributed by atoms with Crippen molar-refractivity contribution in [2.45, 2.75) is 18.2 Å². The van der Waals surface area contributed by atoms with E-state index < -0.39 is 9.71 Å². The van der Waals surface area contributed by atoms with Gasteiger partial charge in [-0.05, 0) is 65.9 Å². The van der Waals surface area contributed by atoms with Crippen molar-refractivity contribution >= 4 is 73.6 Å². The Balaban J connectivity index is 2.21. The van der Waals surface area contributed by atoms with Crippen molar-refractivity contribution in [1.82, 2.24) is 5.32 Å². The fraction of sp³-hybridized carbons (Fsp3) is 0.167. The van der Waals surface area contributed by atoms with E-state index in [1.807, 2.05) is 18.2 Å². The second kappa shape index (κ2) is 10.6. The van der Waals surface area contributed by atoms with Crippen LogP contribution in [-0.4, -0.2) is 29.6 Å². The van der Waals surface area contributed by atoms with E-state index in [9.17, 15) is 9.00 Å². The third kappa shape index (κ3) is 5.79. The van der Waals surface area contributed by atoms with Crippen molar-refractivity contribution in [3.8, 4) is 0 Å². The molecular weight excluding hydrogens is 522 g/mol. The van der Waals surface area contributed by atoms with Crippen LogP contribution in [0.25, 0.3) is 0 Å². The molecule has 3 rings (SSSR count). The third-order valence-corrected chi connectivity index (χ3v) is 8.63. The van der Waals surface area contributed by atoms with E-state index >= 15 is 0 Å². The molecule has 9 heteroatoms. The molecule has 0 radical (unpaired) electrons. The minimum atomic E-state index is -3.26. The van der Waals surface area contributed by atoms with Crippen LogP contribution in [0.3, 0.4) is 0 Å². The highest BCUT2D eigenvalue weighted by atomic mass is 35.5. The van der Waals surface area contributed by atoms with Gasteiger partial charge in [0.2, 0.25) is 5.91 Å². The van der Waals surface area contributed by atoms with E-state index in [0.29, 0.717) is 32.7 Å². The summed E-state index contributed by atoms with van der Waals surface area (Å²) in [7, 11) is -1.75. The number of nitrogens with zero attached hydrogens (tertiary/aromatic N) is 1. The van der Waals surface area contributed by atoms with Crippen LogP contribution in [0.5, 0.6) is 0 Å². The highest BCUT2D eigenvalue weighted by molar-refractivity contribution is 8.01. The lowest BCUT2D eigenvalue weighted by Crippen LogP contribution is -2.40. The molecule has 0 aliphatic rings. The number of carbonyl (C=O) groups excluding carboxylic acids is 1. The smallest absolute Gasteiger partial charge is 0.240 e. The number of hydrogen-bond acceptors (Lipinski definition) is 2. The molecule has 0 saturated heterocycles. The average molecular weight is 544 g/mol. The van der Waals surface area contributed by atoms with Gasteiger partial charge in [0.25, 0.3) is 0 Å². The maximum atomic E-state index is 14.2. The molecule has 3 aromatic rings. The van der Waals surface area contributed by atoms with Gasteiger partial charge in [-0.1, -0.05) is 64.6 Å². The van der Waals surface area contributed by atoms with Gasteiger partial charge >= 0.3 is 0 Å². The fourth-order valence-corrected chi connectivity index (χ4v) is 6.26. The van der Waals surface area contributed by atoms with Crippen LogP contribution in [0, 0.1) is 6.92 Å². The molecule has 174 valence electrons. The molecule has 0 fully saturated rings. The standard InChI is InChI=1S/C24H22Cl4N2O2S/c1-15-10-23(21(28)13-20(15)27)33(3,32)30(14-24(31)29-2)22-9-8-18(25)12-17(22)11-16-6-4-5-7-19(16)26/h4-10,12-13H,3,11,14H2,1-2H3,(H,29,31). The first-order chi connectivity index (χ1) is 15.5. The number of aryl methyl sites for hydroxylation is 1. The van der Waals surface area contributed by atoms with Crippen molar-refractivity contribution < 1.29 is 9.00 Å². The van der Waals surface area contributed by atoms with Crippen LogP contribution >= 0.6 is 46.4 Å². The van der Waals surface area contributed by atoms with Gasteiger partial charge in [-0.25, -0.2) is 4.21 Å². The SMILES string of the molecule is C=S(=O)(c1cc(C)c(Cl)cc1Cl)N(CC(=O)NC)c1ccc(Cl)cc1Cc1ccccc1Cl. The molecule has 1 amide bonds. The predicted octanol–water partition coefficient (Wildman–Crippen LogP) is 6.44. The summed E-state index contributed by atoms with van der Waals surface area (Å²) in [6.07, 6.45) is 0.405. The summed E-state index contributed by atoms with van der Waals surface area (Å²) in [5, 5.41) is 4.32. The van der Waals surface area contributed by atoms with Crippen LogP contribution in [0.2, 0.25) is 20.1 Å². The Hall–Kier alpha value is -1.89. The molecule has 1 unspecified atom stereocenters. The molecule has 0 bridgehead atoms. The van der Waals surface area contributed by atoms with E-state index in [1.54, 1.807) is 37.3 Å². The number of carbonyl (C=O) groups is 1. The molecule has 0 aromatic heterocycles. The summed E-state index contributed by atoms with van der Waals surface area (Å²) in [6.45, 7) is 1.57. The molecular formula is C24H22Cl4N2O2S. The minimum absolute atomic E-state index is 0.203. The Morgan fingerprint density at radius 3 is 2.33 bits per heavy atom. The average Bonchev–Trinajstić information content (AvgIpc) is 2.76. The van der Waals surface area contributed by atoms with Crippen molar-refractivity contribution in [3.63, 3.8) is 0 Å². The zero-order valence-corrected chi connectivity index (χ0v) is 21.8. The van der Waals surface area contributed by atoms with Gasteiger partial charge in [0.05, 0.1) is 25.3 Å². The van der Waals surface area contributed by atoms with Gasteiger partial charge < -0.3 is 5.32 Å². The van der Waals surface area contributed by atoms with Crippen LogP contribution in [0.15, 0.2) is 59.5 Å². The molecule has 0 heterocycles. The number of rotatable bonds is 7. The van der Waals surface area contributed by atoms with Gasteiger partial charge in [-0.2, -0.15) is 0 Å². The van der Waals surface area contributed by atoms with E-state index in [-0.39, 0.29) is 22.4 Å². The third-order valence-electron chi connectivity index (χ3n) is 5.13. The van der Waals surface area contributed by atoms with Gasteiger partial charge in [0.15, 0.2) is 0 Å². The number of halogens is 4. The molecule has 1 atom stereocenters. The second-order valence-electron chi connectivity index (χ2n) is 7.42. The Morgan fingerprint density at radius 2 is 1.67 bits per heavy atom. The Kier molecular flexibility index (Phi) is 8.25. The highest BCUT2D eigenvalue weighted by Crippen LogP contribution is 2.35. The van der Waals surface area contributed by atoms with Crippen LogP contribution in [0.4, 0.5) is 5.69 Å². The molecule has 4 nitrogen and oxygen atoms in total. The maximum absolute atomic E-state index is 14.2. The number of hydrogen-bond donors (Lipinski definition) is 1. The van der Waals surface area contributed by atoms with Gasteiger partial charge in [-0.15, -0.1) is 0 Å². The second-order valence-corrected chi connectivity index (χ2v) is 11.2. The first-order valence-electron chi connectivity index (χ1n) is 9.87. The monoisotopic (exact) mass is 542 g/mol. The first-order valence-corrected chi connectivity index (χ1v) is 13.1. The van der Waals surface area contributed by atoms with Crippen LogP contribution in [-0.2, 0) is 20.9 Å². The lowest BCUT2D eigenvalue weighted by molar-refractivity contribution is -0.119. The first kappa shape index (κ1) is 25.7. The lowest BCUT2D eigenvalue weighted by Gasteiger charge is -2.31. The molecule has 33 heavy (non-hydrogen) atoms. The topological polar surface area (TPSA) is 49.4 Å². The largest absolute Gasteiger partial charge is 0.358 e. The van der Waals surface area contributed by atoms with E-state index in [1.165, 1.54) is 17.4 Å². The normalized spacial score (nSPS) is 12.8. The van der Waals surface area contributed by atoms with Crippen LogP contribution < -0.4 is 9.62 Å². The van der Waals surface area contributed by atoms with Crippen molar-refractivity contribution in [3.05, 3.63) is 91.4 Å². The summed E-state index contributed by atoms with van der Waals surface area (Å²) >= 11 is 25.3. The van der Waals surface area contributed by atoms with Gasteiger partial charge in [0.1, 0.15) is 6.54 Å². The Bertz CT molecular complexity index is 1310. The number of likely N-dealkylation sites (N-methyl/N-ethyl adjacent to an activating group) is 1. The maximum Gasteiger partial charge on any atom is 0.240 e. The van der Waals surface area contributed by atoms with E-state index in [0.717, 1.165) is 11.1 Å². The zero-order chi connectivity index (χ0) is 24.3. The minimum Gasteiger partial charge on any atom is -0.358 e. The molecule has 0 saturated carbocycles. The van der Waals surface area contributed by atoms with Crippen molar-refractivity contribution in [2.75, 3.05) is 17.9 Å². The number of nitrogens with one attached hydrogen (secondary N) is 1. The van der Waals surface area contributed by atoms with Crippen molar-refractivity contribution in [2.24, 2.45) is 0 Å². The summed E-state index contributed by atoms with van der Waals surface area (Å²) in [4.78, 5) is 12.7. The molecule has 3 aromatic carbocycles. The number of amides is 1. The van der Waals surface area contributed by atoms with Gasteiger partial charge in [0, 0.05) is 28.5 Å². The Morgan fingerprint density at radius 1 is 0.970 bits per heavy atom. The summed E-state index contributed by atoms with van der Waals surface area (Å²) < 4.78 is 15.7. The van der Waals surface area contributed by atoms with E-state index in [4.69, 9.17) is 46.4 Å². The zero-order valence-electron chi connectivity index (χ0n) is 18.0. The molecule has 0 spiro atoms. The van der Waals surface area contributed by atoms with Gasteiger partial charge in [-0.3, -0.25) is 9.10 Å². The molecule has 1 N–H and O–H groups in total. The highest BCUT2D eigenvalue weighted by Gasteiger charge is 2.27. The number of benzene rings is 3. The summed E-state index contributed by atoms with van der Waals surface area (Å²) in [6, 6.07) is 15.8. The Labute approximate surface area is 214 Å². The van der Waals surface area contributed by atoms with E-state index in [2.05, 4.69) is 11.2 Å². The molecule has 0 aliphatic heterocycles. The summed E-state index contributed by atoms with van der Waals surface area (Å²) in [5.74, 6) is 3.67. The van der Waals surface area contributed by atoms with Crippen LogP contribution in [0.1, 0.15) is 16.7 Å². The summed E-state index contributed by atoms with van der Waals surface area (Å²) in [5.41, 5.74) is 2.82. The predicted molar refractivity (Wildman–Crippen MR) is 142 cm³/mol. The van der Waals surface area contributed by atoms with Crippen molar-refractivity contribution in [1.29, 1.82) is 0 Å². The number of anilines is 1. The molecule has 0 aliphatic carbocycles. The lowest BCUT2D eigenvalue weighted by atomic mass is 10.0. The quantitative estimate of drug-likeness (QED) is 0.348.